The Bertz CT molecular complexity index is 119. The van der Waals surface area contributed by atoms with Crippen LogP contribution in [0.1, 0.15) is 13.3 Å². The summed E-state index contributed by atoms with van der Waals surface area (Å²) in [5.41, 5.74) is 5.58. The SMILES string of the molecule is COC(C)C1OCCC1CN. The van der Waals surface area contributed by atoms with Gasteiger partial charge in [0.25, 0.3) is 0 Å². The molecule has 1 saturated heterocycles. The van der Waals surface area contributed by atoms with Crippen molar-refractivity contribution in [1.82, 2.24) is 0 Å². The van der Waals surface area contributed by atoms with Crippen LogP contribution in [0.15, 0.2) is 0 Å². The van der Waals surface area contributed by atoms with Crippen LogP contribution in [-0.4, -0.2) is 32.5 Å². The van der Waals surface area contributed by atoms with Crippen LogP contribution in [0.2, 0.25) is 0 Å². The molecule has 0 aromatic heterocycles. The molecule has 3 atom stereocenters. The van der Waals surface area contributed by atoms with E-state index in [1.165, 1.54) is 0 Å². The van der Waals surface area contributed by atoms with Gasteiger partial charge in [-0.05, 0) is 19.9 Å². The summed E-state index contributed by atoms with van der Waals surface area (Å²) >= 11 is 0. The Morgan fingerprint density at radius 2 is 2.45 bits per heavy atom. The molecule has 1 aliphatic rings. The topological polar surface area (TPSA) is 44.5 Å². The zero-order valence-corrected chi connectivity index (χ0v) is 7.25. The van der Waals surface area contributed by atoms with Gasteiger partial charge in [-0.3, -0.25) is 0 Å². The standard InChI is InChI=1S/C8H17NO2/c1-6(10-2)8-7(5-9)3-4-11-8/h6-8H,3-5,9H2,1-2H3. The first-order valence-electron chi connectivity index (χ1n) is 4.14. The molecule has 0 amide bonds. The maximum atomic E-state index is 5.58. The number of hydrogen-bond donors (Lipinski definition) is 1. The number of nitrogens with two attached hydrogens (primary N) is 1. The zero-order valence-electron chi connectivity index (χ0n) is 7.25. The minimum atomic E-state index is 0.172. The maximum Gasteiger partial charge on any atom is 0.0874 e. The Morgan fingerprint density at radius 1 is 1.73 bits per heavy atom. The van der Waals surface area contributed by atoms with Gasteiger partial charge in [0.1, 0.15) is 0 Å². The average Bonchev–Trinajstić information content (AvgIpc) is 2.50. The first kappa shape index (κ1) is 8.97. The lowest BCUT2D eigenvalue weighted by Gasteiger charge is -2.22. The maximum absolute atomic E-state index is 5.58. The number of hydrogen-bond acceptors (Lipinski definition) is 3. The molecule has 66 valence electrons. The Labute approximate surface area is 67.9 Å². The number of methoxy groups -OCH3 is 1. The normalized spacial score (nSPS) is 34.1. The Kier molecular flexibility index (Phi) is 3.30. The average molecular weight is 159 g/mol. The van der Waals surface area contributed by atoms with E-state index in [9.17, 15) is 0 Å². The lowest BCUT2D eigenvalue weighted by Crippen LogP contribution is -2.34. The van der Waals surface area contributed by atoms with Crippen molar-refractivity contribution in [3.63, 3.8) is 0 Å². The van der Waals surface area contributed by atoms with E-state index in [0.717, 1.165) is 13.0 Å². The van der Waals surface area contributed by atoms with E-state index in [0.29, 0.717) is 12.5 Å². The number of rotatable bonds is 3. The third-order valence-corrected chi connectivity index (χ3v) is 2.40. The predicted molar refractivity (Wildman–Crippen MR) is 43.4 cm³/mol. The van der Waals surface area contributed by atoms with Crippen LogP contribution in [0, 0.1) is 5.92 Å². The van der Waals surface area contributed by atoms with Crippen molar-refractivity contribution >= 4 is 0 Å². The second kappa shape index (κ2) is 4.04. The molecule has 1 rings (SSSR count). The molecular weight excluding hydrogens is 142 g/mol. The smallest absolute Gasteiger partial charge is 0.0874 e. The molecular formula is C8H17NO2. The molecule has 0 bridgehead atoms. The summed E-state index contributed by atoms with van der Waals surface area (Å²) in [5.74, 6) is 0.491. The molecule has 0 saturated carbocycles. The minimum Gasteiger partial charge on any atom is -0.379 e. The summed E-state index contributed by atoms with van der Waals surface area (Å²) in [4.78, 5) is 0. The predicted octanol–water partition coefficient (Wildman–Crippen LogP) is 0.385. The van der Waals surface area contributed by atoms with E-state index in [1.54, 1.807) is 7.11 Å². The van der Waals surface area contributed by atoms with Crippen LogP contribution < -0.4 is 5.73 Å². The highest BCUT2D eigenvalue weighted by Gasteiger charge is 2.31. The summed E-state index contributed by atoms with van der Waals surface area (Å²) < 4.78 is 10.7. The van der Waals surface area contributed by atoms with Crippen LogP contribution in [-0.2, 0) is 9.47 Å². The molecule has 3 heteroatoms. The van der Waals surface area contributed by atoms with Crippen LogP contribution >= 0.6 is 0 Å². The van der Waals surface area contributed by atoms with Crippen LogP contribution in [0.25, 0.3) is 0 Å². The fraction of sp³-hybridized carbons (Fsp3) is 1.00. The summed E-state index contributed by atoms with van der Waals surface area (Å²) in [7, 11) is 1.71. The molecule has 11 heavy (non-hydrogen) atoms. The Balaban J connectivity index is 2.42. The largest absolute Gasteiger partial charge is 0.379 e. The van der Waals surface area contributed by atoms with E-state index in [-0.39, 0.29) is 12.2 Å². The van der Waals surface area contributed by atoms with Gasteiger partial charge in [-0.2, -0.15) is 0 Å². The van der Waals surface area contributed by atoms with E-state index in [2.05, 4.69) is 0 Å². The Hall–Kier alpha value is -0.120. The Morgan fingerprint density at radius 3 is 3.00 bits per heavy atom. The van der Waals surface area contributed by atoms with Gasteiger partial charge in [0.05, 0.1) is 12.2 Å². The van der Waals surface area contributed by atoms with Crippen molar-refractivity contribution in [2.45, 2.75) is 25.6 Å². The van der Waals surface area contributed by atoms with Gasteiger partial charge in [-0.25, -0.2) is 0 Å². The van der Waals surface area contributed by atoms with Crippen LogP contribution in [0.4, 0.5) is 0 Å². The summed E-state index contributed by atoms with van der Waals surface area (Å²) in [6, 6.07) is 0. The van der Waals surface area contributed by atoms with E-state index < -0.39 is 0 Å². The van der Waals surface area contributed by atoms with Crippen molar-refractivity contribution in [3.05, 3.63) is 0 Å². The van der Waals surface area contributed by atoms with Crippen molar-refractivity contribution in [3.8, 4) is 0 Å². The van der Waals surface area contributed by atoms with Gasteiger partial charge < -0.3 is 15.2 Å². The quantitative estimate of drug-likeness (QED) is 0.647. The molecule has 0 aliphatic carbocycles. The first-order chi connectivity index (χ1) is 5.29. The van der Waals surface area contributed by atoms with E-state index >= 15 is 0 Å². The monoisotopic (exact) mass is 159 g/mol. The van der Waals surface area contributed by atoms with Gasteiger partial charge in [-0.15, -0.1) is 0 Å². The summed E-state index contributed by atoms with van der Waals surface area (Å²) in [6.07, 6.45) is 1.46. The van der Waals surface area contributed by atoms with E-state index in [1.807, 2.05) is 6.92 Å². The molecule has 0 aromatic carbocycles. The van der Waals surface area contributed by atoms with Crippen molar-refractivity contribution in [2.24, 2.45) is 11.7 Å². The van der Waals surface area contributed by atoms with Gasteiger partial charge >= 0.3 is 0 Å². The van der Waals surface area contributed by atoms with Gasteiger partial charge in [0.15, 0.2) is 0 Å². The molecule has 1 heterocycles. The molecule has 0 radical (unpaired) electrons. The van der Waals surface area contributed by atoms with E-state index in [4.69, 9.17) is 15.2 Å². The van der Waals surface area contributed by atoms with Crippen LogP contribution in [0.3, 0.4) is 0 Å². The zero-order chi connectivity index (χ0) is 8.27. The minimum absolute atomic E-state index is 0.172. The lowest BCUT2D eigenvalue weighted by atomic mass is 9.98. The van der Waals surface area contributed by atoms with Crippen LogP contribution in [0.5, 0.6) is 0 Å². The van der Waals surface area contributed by atoms with Gasteiger partial charge in [0, 0.05) is 19.6 Å². The van der Waals surface area contributed by atoms with Gasteiger partial charge in [-0.1, -0.05) is 0 Å². The molecule has 1 fully saturated rings. The highest BCUT2D eigenvalue weighted by Crippen LogP contribution is 2.23. The number of ether oxygens (including phenoxy) is 2. The third-order valence-electron chi connectivity index (χ3n) is 2.40. The second-order valence-electron chi connectivity index (χ2n) is 3.06. The molecule has 1 aliphatic heterocycles. The third kappa shape index (κ3) is 1.92. The highest BCUT2D eigenvalue weighted by molar-refractivity contribution is 4.81. The highest BCUT2D eigenvalue weighted by atomic mass is 16.5. The lowest BCUT2D eigenvalue weighted by molar-refractivity contribution is -0.0312. The fourth-order valence-electron chi connectivity index (χ4n) is 1.56. The van der Waals surface area contributed by atoms with Crippen molar-refractivity contribution in [2.75, 3.05) is 20.3 Å². The summed E-state index contributed by atoms with van der Waals surface area (Å²) in [5, 5.41) is 0. The van der Waals surface area contributed by atoms with Crippen molar-refractivity contribution in [1.29, 1.82) is 0 Å². The molecule has 3 unspecified atom stereocenters. The first-order valence-corrected chi connectivity index (χ1v) is 4.14. The van der Waals surface area contributed by atoms with Gasteiger partial charge in [0.2, 0.25) is 0 Å². The molecule has 3 nitrogen and oxygen atoms in total. The summed E-state index contributed by atoms with van der Waals surface area (Å²) in [6.45, 7) is 3.57. The molecule has 2 N–H and O–H groups in total. The second-order valence-corrected chi connectivity index (χ2v) is 3.06. The van der Waals surface area contributed by atoms with Crippen molar-refractivity contribution < 1.29 is 9.47 Å². The fourth-order valence-corrected chi connectivity index (χ4v) is 1.56. The molecule has 0 spiro atoms. The molecule has 0 aromatic rings.